The third-order valence-corrected chi connectivity index (χ3v) is 6.72. The summed E-state index contributed by atoms with van der Waals surface area (Å²) in [5.74, 6) is -0.700. The largest absolute Gasteiger partial charge is 0.497 e. The molecule has 13 heteroatoms. The number of carbonyl (C=O) groups is 2. The maximum Gasteiger partial charge on any atom is 0.417 e. The van der Waals surface area contributed by atoms with Gasteiger partial charge in [-0.25, -0.2) is 8.42 Å². The zero-order valence-corrected chi connectivity index (χ0v) is 21.7. The van der Waals surface area contributed by atoms with Crippen molar-refractivity contribution in [2.45, 2.75) is 32.6 Å². The maximum atomic E-state index is 13.4. The Hall–Kier alpha value is -2.99. The standard InChI is InChI=1S/C23H27ClF3N3O5S/c1-5-28-22(32)15(2)29(13-16-6-9-18(35-3)10-7-16)21(31)14-30(36(4,33)34)17-8-11-20(24)19(12-17)23(25,26)27/h6-12,15H,5,13-14H2,1-4H3,(H,28,32)/t15-/m1/s1. The maximum absolute atomic E-state index is 13.4. The molecule has 8 nitrogen and oxygen atoms in total. The molecule has 0 fully saturated rings. The lowest BCUT2D eigenvalue weighted by Gasteiger charge is -2.31. The molecule has 0 saturated carbocycles. The highest BCUT2D eigenvalue weighted by molar-refractivity contribution is 7.92. The summed E-state index contributed by atoms with van der Waals surface area (Å²) in [6.07, 6.45) is -4.07. The number of likely N-dealkylation sites (N-methyl/N-ethyl adjacent to an activating group) is 1. The molecule has 198 valence electrons. The molecule has 1 atom stereocenters. The molecule has 36 heavy (non-hydrogen) atoms. The lowest BCUT2D eigenvalue weighted by atomic mass is 10.1. The molecule has 0 aliphatic heterocycles. The number of sulfonamides is 1. The minimum atomic E-state index is -4.84. The second-order valence-corrected chi connectivity index (χ2v) is 10.2. The van der Waals surface area contributed by atoms with Gasteiger partial charge >= 0.3 is 6.18 Å². The van der Waals surface area contributed by atoms with Crippen molar-refractivity contribution >= 4 is 39.1 Å². The fourth-order valence-corrected chi connectivity index (χ4v) is 4.40. The number of nitrogens with zero attached hydrogens (tertiary/aromatic N) is 2. The lowest BCUT2D eigenvalue weighted by Crippen LogP contribution is -2.51. The second kappa shape index (κ2) is 11.8. The number of halogens is 4. The van der Waals surface area contributed by atoms with Gasteiger partial charge in [0.25, 0.3) is 0 Å². The first-order valence-corrected chi connectivity index (χ1v) is 13.0. The van der Waals surface area contributed by atoms with E-state index in [9.17, 15) is 31.2 Å². The Bertz CT molecular complexity index is 1190. The van der Waals surface area contributed by atoms with Crippen LogP contribution in [0, 0.1) is 0 Å². The average Bonchev–Trinajstić information content (AvgIpc) is 2.80. The van der Waals surface area contributed by atoms with Gasteiger partial charge in [-0.2, -0.15) is 13.2 Å². The van der Waals surface area contributed by atoms with Gasteiger partial charge in [0.05, 0.1) is 29.6 Å². The van der Waals surface area contributed by atoms with E-state index >= 15 is 0 Å². The summed E-state index contributed by atoms with van der Waals surface area (Å²) in [6, 6.07) is 8.21. The van der Waals surface area contributed by atoms with Crippen molar-refractivity contribution < 1.29 is 35.9 Å². The van der Waals surface area contributed by atoms with Crippen LogP contribution in [0.4, 0.5) is 18.9 Å². The topological polar surface area (TPSA) is 96.0 Å². The van der Waals surface area contributed by atoms with Gasteiger partial charge in [0, 0.05) is 13.1 Å². The number of amides is 2. The van der Waals surface area contributed by atoms with Crippen molar-refractivity contribution in [3.05, 3.63) is 58.6 Å². The van der Waals surface area contributed by atoms with Crippen LogP contribution in [0.3, 0.4) is 0 Å². The van der Waals surface area contributed by atoms with Gasteiger partial charge in [-0.1, -0.05) is 23.7 Å². The highest BCUT2D eigenvalue weighted by atomic mass is 35.5. The summed E-state index contributed by atoms with van der Waals surface area (Å²) < 4.78 is 70.8. The van der Waals surface area contributed by atoms with Crippen molar-refractivity contribution in [2.75, 3.05) is 30.8 Å². The van der Waals surface area contributed by atoms with E-state index in [0.29, 0.717) is 28.2 Å². The molecule has 2 rings (SSSR count). The van der Waals surface area contributed by atoms with Crippen LogP contribution >= 0.6 is 11.6 Å². The Morgan fingerprint density at radius 1 is 1.14 bits per heavy atom. The molecule has 1 N–H and O–H groups in total. The molecule has 0 aromatic heterocycles. The van der Waals surface area contributed by atoms with Gasteiger partial charge in [0.2, 0.25) is 21.8 Å². The highest BCUT2D eigenvalue weighted by Crippen LogP contribution is 2.37. The van der Waals surface area contributed by atoms with Gasteiger partial charge < -0.3 is 15.0 Å². The molecule has 2 aromatic carbocycles. The minimum absolute atomic E-state index is 0.0624. The third kappa shape index (κ3) is 7.50. The van der Waals surface area contributed by atoms with Crippen LogP contribution in [0.2, 0.25) is 5.02 Å². The number of alkyl halides is 3. The van der Waals surface area contributed by atoms with E-state index in [1.807, 2.05) is 0 Å². The number of hydrogen-bond acceptors (Lipinski definition) is 5. The summed E-state index contributed by atoms with van der Waals surface area (Å²) in [7, 11) is -2.71. The van der Waals surface area contributed by atoms with Gasteiger partial charge in [-0.05, 0) is 49.7 Å². The number of anilines is 1. The molecule has 0 heterocycles. The third-order valence-electron chi connectivity index (χ3n) is 5.25. The predicted molar refractivity (Wildman–Crippen MR) is 130 cm³/mol. The van der Waals surface area contributed by atoms with E-state index in [4.69, 9.17) is 16.3 Å². The highest BCUT2D eigenvalue weighted by Gasteiger charge is 2.35. The van der Waals surface area contributed by atoms with E-state index in [1.165, 1.54) is 14.0 Å². The van der Waals surface area contributed by atoms with Gasteiger partial charge in [-0.3, -0.25) is 13.9 Å². The first-order chi connectivity index (χ1) is 16.7. The van der Waals surface area contributed by atoms with Crippen LogP contribution < -0.4 is 14.4 Å². The lowest BCUT2D eigenvalue weighted by molar-refractivity contribution is -0.139. The van der Waals surface area contributed by atoms with Crippen molar-refractivity contribution in [2.24, 2.45) is 0 Å². The minimum Gasteiger partial charge on any atom is -0.497 e. The Labute approximate surface area is 213 Å². The molecule has 0 aliphatic rings. The van der Waals surface area contributed by atoms with Crippen molar-refractivity contribution in [3.63, 3.8) is 0 Å². The normalized spacial score (nSPS) is 12.6. The molecule has 0 radical (unpaired) electrons. The molecule has 2 amide bonds. The number of methoxy groups -OCH3 is 1. The van der Waals surface area contributed by atoms with Crippen LogP contribution in [0.1, 0.15) is 25.0 Å². The van der Waals surface area contributed by atoms with Crippen LogP contribution in [-0.2, 0) is 32.3 Å². The van der Waals surface area contributed by atoms with Crippen molar-refractivity contribution in [1.82, 2.24) is 10.2 Å². The SMILES string of the molecule is CCNC(=O)[C@@H](C)N(Cc1ccc(OC)cc1)C(=O)CN(c1ccc(Cl)c(C(F)(F)F)c1)S(C)(=O)=O. The number of benzene rings is 2. The number of ether oxygens (including phenoxy) is 1. The number of rotatable bonds is 10. The molecule has 0 bridgehead atoms. The van der Waals surface area contributed by atoms with E-state index < -0.39 is 56.9 Å². The molecule has 0 saturated heterocycles. The summed E-state index contributed by atoms with van der Waals surface area (Å²) in [4.78, 5) is 27.1. The van der Waals surface area contributed by atoms with Gasteiger partial charge in [0.15, 0.2) is 0 Å². The van der Waals surface area contributed by atoms with Crippen LogP contribution in [0.5, 0.6) is 5.75 Å². The van der Waals surface area contributed by atoms with E-state index in [0.717, 1.165) is 23.3 Å². The molecule has 0 unspecified atom stereocenters. The first kappa shape index (κ1) is 29.2. The Kier molecular flexibility index (Phi) is 9.61. The fraction of sp³-hybridized carbons (Fsp3) is 0.391. The Morgan fingerprint density at radius 2 is 1.75 bits per heavy atom. The Morgan fingerprint density at radius 3 is 2.25 bits per heavy atom. The van der Waals surface area contributed by atoms with Crippen LogP contribution in [0.25, 0.3) is 0 Å². The summed E-state index contributed by atoms with van der Waals surface area (Å²) in [6.45, 7) is 2.57. The number of carbonyl (C=O) groups excluding carboxylic acids is 2. The van der Waals surface area contributed by atoms with E-state index in [1.54, 1.807) is 31.2 Å². The van der Waals surface area contributed by atoms with Crippen molar-refractivity contribution in [1.29, 1.82) is 0 Å². The van der Waals surface area contributed by atoms with Crippen LogP contribution in [0.15, 0.2) is 42.5 Å². The first-order valence-electron chi connectivity index (χ1n) is 10.7. The molecule has 0 spiro atoms. The average molecular weight is 550 g/mol. The van der Waals surface area contributed by atoms with Crippen LogP contribution in [-0.4, -0.2) is 57.6 Å². The van der Waals surface area contributed by atoms with Gasteiger partial charge in [0.1, 0.15) is 18.3 Å². The van der Waals surface area contributed by atoms with Gasteiger partial charge in [-0.15, -0.1) is 0 Å². The predicted octanol–water partition coefficient (Wildman–Crippen LogP) is 3.69. The molecule has 2 aromatic rings. The molecular formula is C23H27ClF3N3O5S. The summed E-state index contributed by atoms with van der Waals surface area (Å²) >= 11 is 5.66. The summed E-state index contributed by atoms with van der Waals surface area (Å²) in [5, 5.41) is 1.99. The Balaban J connectivity index is 2.46. The van der Waals surface area contributed by atoms with E-state index in [-0.39, 0.29) is 6.54 Å². The quantitative estimate of drug-likeness (QED) is 0.488. The molecular weight excluding hydrogens is 523 g/mol. The van der Waals surface area contributed by atoms with E-state index in [2.05, 4.69) is 5.32 Å². The zero-order valence-electron chi connectivity index (χ0n) is 20.1. The number of hydrogen-bond donors (Lipinski definition) is 1. The van der Waals surface area contributed by atoms with Crippen molar-refractivity contribution in [3.8, 4) is 5.75 Å². The summed E-state index contributed by atoms with van der Waals surface area (Å²) in [5.41, 5.74) is -1.01. The number of nitrogens with one attached hydrogen (secondary N) is 1. The zero-order chi connectivity index (χ0) is 27.3. The fourth-order valence-electron chi connectivity index (χ4n) is 3.33. The second-order valence-electron chi connectivity index (χ2n) is 7.87. The monoisotopic (exact) mass is 549 g/mol. The smallest absolute Gasteiger partial charge is 0.417 e. The molecule has 0 aliphatic carbocycles.